The molecule has 0 aliphatic rings. The van der Waals surface area contributed by atoms with Crippen LogP contribution in [0.3, 0.4) is 0 Å². The van der Waals surface area contributed by atoms with Crippen LogP contribution in [0.2, 0.25) is 0 Å². The molecular formula is C27H29F2N3O5. The van der Waals surface area contributed by atoms with Gasteiger partial charge in [-0.1, -0.05) is 35.4 Å². The highest BCUT2D eigenvalue weighted by Gasteiger charge is 2.27. The predicted molar refractivity (Wildman–Crippen MR) is 134 cm³/mol. The summed E-state index contributed by atoms with van der Waals surface area (Å²) in [5.74, 6) is -0.190. The third-order valence-corrected chi connectivity index (χ3v) is 5.52. The zero-order chi connectivity index (χ0) is 26.5. The lowest BCUT2D eigenvalue weighted by Crippen LogP contribution is -2.37. The zero-order valence-corrected chi connectivity index (χ0v) is 20.6. The smallest absolute Gasteiger partial charge is 0.129 e. The van der Waals surface area contributed by atoms with Crippen LogP contribution in [0.25, 0.3) is 10.4 Å². The molecule has 0 amide bonds. The van der Waals surface area contributed by atoms with Gasteiger partial charge in [0.05, 0.1) is 38.6 Å². The molecule has 0 spiro atoms. The average Bonchev–Trinajstić information content (AvgIpc) is 2.91. The van der Waals surface area contributed by atoms with Crippen molar-refractivity contribution < 1.29 is 32.5 Å². The van der Waals surface area contributed by atoms with E-state index < -0.39 is 29.9 Å². The number of azide groups is 1. The Morgan fingerprint density at radius 1 is 0.838 bits per heavy atom. The lowest BCUT2D eigenvalue weighted by Gasteiger charge is -2.28. The van der Waals surface area contributed by atoms with Gasteiger partial charge in [-0.05, 0) is 35.4 Å². The highest BCUT2D eigenvalue weighted by molar-refractivity contribution is 5.27. The molecule has 8 nitrogen and oxygen atoms in total. The molecule has 0 fully saturated rings. The largest absolute Gasteiger partial charge is 0.497 e. The van der Waals surface area contributed by atoms with Crippen molar-refractivity contribution in [2.45, 2.75) is 31.3 Å². The van der Waals surface area contributed by atoms with Gasteiger partial charge in [-0.2, -0.15) is 0 Å². The molecule has 0 bridgehead atoms. The van der Waals surface area contributed by atoms with Crippen LogP contribution in [-0.4, -0.2) is 45.7 Å². The zero-order valence-electron chi connectivity index (χ0n) is 20.6. The van der Waals surface area contributed by atoms with Crippen LogP contribution in [0.15, 0.2) is 77.9 Å². The lowest BCUT2D eigenvalue weighted by atomic mass is 10.0. The first-order valence-electron chi connectivity index (χ1n) is 11.6. The fraction of sp³-hybridized carbons (Fsp3) is 0.333. The van der Waals surface area contributed by atoms with Gasteiger partial charge < -0.3 is 23.7 Å². The Kier molecular flexibility index (Phi) is 11.0. The standard InChI is InChI=1S/C27H29F2N3O5/c1-33-22-10-8-19(9-11-22)16-37-27(15-25(34-2)17-35-23-6-4-3-5-7-23)26(31-32-30)18-36-24-13-20(28)12-21(29)14-24/h3-14,25-27H,15-18H2,1-2H3/t25-,26+,27+/m1/s1. The van der Waals surface area contributed by atoms with Gasteiger partial charge in [0.2, 0.25) is 0 Å². The van der Waals surface area contributed by atoms with Crippen molar-refractivity contribution in [1.82, 2.24) is 0 Å². The maximum Gasteiger partial charge on any atom is 0.129 e. The molecule has 37 heavy (non-hydrogen) atoms. The molecule has 3 atom stereocenters. The molecule has 0 heterocycles. The van der Waals surface area contributed by atoms with Gasteiger partial charge in [0.15, 0.2) is 0 Å². The number of para-hydroxylation sites is 1. The summed E-state index contributed by atoms with van der Waals surface area (Å²) in [6.45, 7) is 0.259. The normalized spacial score (nSPS) is 13.2. The number of hydrogen-bond donors (Lipinski definition) is 0. The minimum absolute atomic E-state index is 0.0275. The molecular weight excluding hydrogens is 484 g/mol. The fourth-order valence-corrected chi connectivity index (χ4v) is 3.53. The summed E-state index contributed by atoms with van der Waals surface area (Å²) in [5.41, 5.74) is 10.1. The molecule has 3 aromatic rings. The summed E-state index contributed by atoms with van der Waals surface area (Å²) in [6.07, 6.45) is -0.783. The summed E-state index contributed by atoms with van der Waals surface area (Å²) < 4.78 is 55.6. The molecule has 0 aromatic heterocycles. The first kappa shape index (κ1) is 27.7. The van der Waals surface area contributed by atoms with Gasteiger partial charge >= 0.3 is 0 Å². The number of rotatable bonds is 15. The van der Waals surface area contributed by atoms with Crippen LogP contribution >= 0.6 is 0 Å². The Hall–Kier alpha value is -3.85. The third-order valence-electron chi connectivity index (χ3n) is 5.52. The van der Waals surface area contributed by atoms with Gasteiger partial charge in [0.25, 0.3) is 0 Å². The molecule has 0 aliphatic heterocycles. The maximum absolute atomic E-state index is 13.6. The molecule has 0 radical (unpaired) electrons. The van der Waals surface area contributed by atoms with Crippen molar-refractivity contribution in [2.75, 3.05) is 27.4 Å². The van der Waals surface area contributed by atoms with Crippen LogP contribution in [-0.2, 0) is 16.1 Å². The van der Waals surface area contributed by atoms with E-state index in [1.165, 1.54) is 0 Å². The molecule has 0 N–H and O–H groups in total. The van der Waals surface area contributed by atoms with E-state index in [1.54, 1.807) is 14.2 Å². The van der Waals surface area contributed by atoms with Crippen molar-refractivity contribution in [3.63, 3.8) is 0 Å². The lowest BCUT2D eigenvalue weighted by molar-refractivity contribution is -0.0379. The summed E-state index contributed by atoms with van der Waals surface area (Å²) in [4.78, 5) is 2.94. The van der Waals surface area contributed by atoms with Crippen molar-refractivity contribution in [1.29, 1.82) is 0 Å². The summed E-state index contributed by atoms with van der Waals surface area (Å²) in [7, 11) is 3.13. The first-order chi connectivity index (χ1) is 18.0. The van der Waals surface area contributed by atoms with E-state index in [0.29, 0.717) is 17.9 Å². The van der Waals surface area contributed by atoms with Crippen molar-refractivity contribution in [2.24, 2.45) is 5.11 Å². The van der Waals surface area contributed by atoms with Gasteiger partial charge in [0, 0.05) is 36.6 Å². The Morgan fingerprint density at radius 3 is 2.14 bits per heavy atom. The average molecular weight is 514 g/mol. The monoisotopic (exact) mass is 513 g/mol. The fourth-order valence-electron chi connectivity index (χ4n) is 3.53. The van der Waals surface area contributed by atoms with Crippen LogP contribution in [0.4, 0.5) is 8.78 Å². The molecule has 10 heteroatoms. The number of benzene rings is 3. The van der Waals surface area contributed by atoms with Crippen molar-refractivity contribution in [3.05, 3.63) is 100 Å². The van der Waals surface area contributed by atoms with Gasteiger partial charge in [-0.25, -0.2) is 8.78 Å². The van der Waals surface area contributed by atoms with Crippen LogP contribution < -0.4 is 14.2 Å². The Balaban J connectivity index is 1.74. The number of hydrogen-bond acceptors (Lipinski definition) is 6. The Morgan fingerprint density at radius 2 is 1.51 bits per heavy atom. The van der Waals surface area contributed by atoms with E-state index in [2.05, 4.69) is 10.0 Å². The topological polar surface area (TPSA) is 94.9 Å². The molecule has 3 rings (SSSR count). The molecule has 0 saturated heterocycles. The minimum Gasteiger partial charge on any atom is -0.497 e. The predicted octanol–water partition coefficient (Wildman–Crippen LogP) is 6.10. The number of ether oxygens (including phenoxy) is 5. The first-order valence-corrected chi connectivity index (χ1v) is 11.6. The molecule has 3 aromatic carbocycles. The van der Waals surface area contributed by atoms with Gasteiger partial charge in [0.1, 0.15) is 35.5 Å². The van der Waals surface area contributed by atoms with Gasteiger partial charge in [-0.15, -0.1) is 0 Å². The van der Waals surface area contributed by atoms with E-state index in [4.69, 9.17) is 23.7 Å². The second-order valence-electron chi connectivity index (χ2n) is 8.10. The molecule has 0 saturated carbocycles. The van der Waals surface area contributed by atoms with Crippen LogP contribution in [0.5, 0.6) is 17.2 Å². The molecule has 0 unspecified atom stereocenters. The van der Waals surface area contributed by atoms with Gasteiger partial charge in [-0.3, -0.25) is 0 Å². The number of nitrogens with zero attached hydrogens (tertiary/aromatic N) is 3. The minimum atomic E-state index is -0.830. The second-order valence-corrected chi connectivity index (χ2v) is 8.10. The maximum atomic E-state index is 13.6. The van der Waals surface area contributed by atoms with Crippen LogP contribution in [0.1, 0.15) is 12.0 Å². The molecule has 0 aliphatic carbocycles. The third kappa shape index (κ3) is 9.27. The van der Waals surface area contributed by atoms with Crippen LogP contribution in [0, 0.1) is 11.6 Å². The molecule has 196 valence electrons. The summed E-state index contributed by atoms with van der Waals surface area (Å²) in [5, 5.41) is 3.86. The summed E-state index contributed by atoms with van der Waals surface area (Å²) >= 11 is 0. The van der Waals surface area contributed by atoms with E-state index in [0.717, 1.165) is 23.8 Å². The Bertz CT molecular complexity index is 1120. The van der Waals surface area contributed by atoms with Crippen molar-refractivity contribution >= 4 is 0 Å². The Labute approximate surface area is 214 Å². The van der Waals surface area contributed by atoms with E-state index >= 15 is 0 Å². The highest BCUT2D eigenvalue weighted by atomic mass is 19.1. The number of methoxy groups -OCH3 is 2. The number of halogens is 2. The van der Waals surface area contributed by atoms with E-state index in [9.17, 15) is 14.3 Å². The second kappa shape index (κ2) is 14.6. The van der Waals surface area contributed by atoms with Crippen molar-refractivity contribution in [3.8, 4) is 17.2 Å². The highest BCUT2D eigenvalue weighted by Crippen LogP contribution is 2.21. The van der Waals surface area contributed by atoms with E-state index in [-0.39, 0.29) is 25.6 Å². The quantitative estimate of drug-likeness (QED) is 0.139. The van der Waals surface area contributed by atoms with E-state index in [1.807, 2.05) is 54.6 Å². The SMILES string of the molecule is COc1ccc(CO[C@@H](C[C@H](COc2ccccc2)OC)[C@H](COc2cc(F)cc(F)c2)N=[N+]=[N-])cc1. The summed E-state index contributed by atoms with van der Waals surface area (Å²) in [6, 6.07) is 18.6.